The van der Waals surface area contributed by atoms with Gasteiger partial charge in [-0.05, 0) is 73.6 Å². The minimum Gasteiger partial charge on any atom is -0.507 e. The van der Waals surface area contributed by atoms with Crippen LogP contribution in [0.4, 0.5) is 33.3 Å². The highest BCUT2D eigenvalue weighted by Gasteiger charge is 2.77. The van der Waals surface area contributed by atoms with Crippen LogP contribution in [-0.4, -0.2) is 38.5 Å². The molecular formula is C34H22BrCl2F5N2O5. The van der Waals surface area contributed by atoms with E-state index in [4.69, 9.17) is 23.2 Å². The van der Waals surface area contributed by atoms with Crippen molar-refractivity contribution in [3.8, 4) is 5.75 Å². The van der Waals surface area contributed by atoms with E-state index < -0.39 is 98.2 Å². The molecule has 2 heterocycles. The predicted octanol–water partition coefficient (Wildman–Crippen LogP) is 7.24. The second kappa shape index (κ2) is 11.1. The van der Waals surface area contributed by atoms with Crippen LogP contribution in [0.15, 0.2) is 52.5 Å². The molecule has 2 aliphatic carbocycles. The number of imide groups is 2. The smallest absolute Gasteiger partial charge is 0.258 e. The third-order valence-corrected chi connectivity index (χ3v) is 12.1. The average molecular weight is 784 g/mol. The van der Waals surface area contributed by atoms with E-state index in [1.165, 1.54) is 12.1 Å². The Morgan fingerprint density at radius 2 is 1.35 bits per heavy atom. The first-order valence-electron chi connectivity index (χ1n) is 14.9. The molecule has 0 bridgehead atoms. The van der Waals surface area contributed by atoms with Crippen LogP contribution in [0.25, 0.3) is 0 Å². The van der Waals surface area contributed by atoms with Gasteiger partial charge >= 0.3 is 0 Å². The Bertz CT molecular complexity index is 2050. The number of nitrogens with zero attached hydrogens (tertiary/aromatic N) is 2. The third-order valence-electron chi connectivity index (χ3n) is 10.2. The Labute approximate surface area is 293 Å². The molecule has 0 radical (unpaired) electrons. The van der Waals surface area contributed by atoms with Crippen molar-refractivity contribution in [2.24, 2.45) is 17.8 Å². The van der Waals surface area contributed by atoms with Crippen LogP contribution in [0.2, 0.25) is 0 Å². The summed E-state index contributed by atoms with van der Waals surface area (Å²) in [6, 6.07) is 9.31. The maximum Gasteiger partial charge on any atom is 0.258 e. The van der Waals surface area contributed by atoms with E-state index >= 15 is 8.78 Å². The predicted molar refractivity (Wildman–Crippen MR) is 171 cm³/mol. The number of fused-ring (bicyclic) bond motifs is 4. The quantitative estimate of drug-likeness (QED) is 0.0756. The van der Waals surface area contributed by atoms with Crippen LogP contribution in [0.1, 0.15) is 35.4 Å². The van der Waals surface area contributed by atoms with Gasteiger partial charge in [0, 0.05) is 10.4 Å². The Hall–Kier alpha value is -3.81. The van der Waals surface area contributed by atoms with Gasteiger partial charge in [-0.15, -0.1) is 23.2 Å². The van der Waals surface area contributed by atoms with Crippen LogP contribution in [0, 0.1) is 60.7 Å². The van der Waals surface area contributed by atoms with Crippen molar-refractivity contribution in [2.45, 2.75) is 42.4 Å². The van der Waals surface area contributed by atoms with Gasteiger partial charge in [-0.1, -0.05) is 39.7 Å². The number of halogens is 8. The number of phenolic OH excluding ortho intramolecular Hbond substituents is 1. The third kappa shape index (κ3) is 4.30. The topological polar surface area (TPSA) is 95.0 Å². The number of rotatable bonds is 3. The first kappa shape index (κ1) is 33.7. The molecule has 7 nitrogen and oxygen atoms in total. The van der Waals surface area contributed by atoms with Crippen LogP contribution in [0.3, 0.4) is 0 Å². The second-order valence-corrected chi connectivity index (χ2v) is 14.8. The summed E-state index contributed by atoms with van der Waals surface area (Å²) in [6.45, 7) is 3.09. The van der Waals surface area contributed by atoms with E-state index in [-0.39, 0.29) is 28.3 Å². The van der Waals surface area contributed by atoms with Gasteiger partial charge in [-0.25, -0.2) is 26.9 Å². The molecule has 4 aliphatic rings. The normalized spacial score (nSPS) is 29.3. The van der Waals surface area contributed by atoms with Crippen molar-refractivity contribution >= 4 is 74.1 Å². The van der Waals surface area contributed by atoms with E-state index in [9.17, 15) is 37.5 Å². The van der Waals surface area contributed by atoms with Gasteiger partial charge < -0.3 is 5.11 Å². The van der Waals surface area contributed by atoms with Gasteiger partial charge in [-0.2, -0.15) is 0 Å². The van der Waals surface area contributed by atoms with Crippen molar-refractivity contribution in [1.29, 1.82) is 0 Å². The van der Waals surface area contributed by atoms with E-state index in [0.717, 1.165) is 4.90 Å². The minimum atomic E-state index is -2.64. The molecule has 1 saturated carbocycles. The van der Waals surface area contributed by atoms with Gasteiger partial charge in [-0.3, -0.25) is 24.1 Å². The van der Waals surface area contributed by atoms with E-state index in [1.807, 2.05) is 0 Å². The Kier molecular flexibility index (Phi) is 7.63. The molecule has 7 rings (SSSR count). The van der Waals surface area contributed by atoms with Crippen molar-refractivity contribution in [1.82, 2.24) is 0 Å². The number of alkyl halides is 2. The highest BCUT2D eigenvalue weighted by Crippen LogP contribution is 2.66. The lowest BCUT2D eigenvalue weighted by atomic mass is 9.56. The van der Waals surface area contributed by atoms with Crippen molar-refractivity contribution in [3.05, 3.63) is 98.3 Å². The summed E-state index contributed by atoms with van der Waals surface area (Å²) in [5.74, 6) is -21.1. The fraction of sp³-hybridized carbons (Fsp3) is 0.294. The lowest BCUT2D eigenvalue weighted by Gasteiger charge is -2.50. The zero-order valence-corrected chi connectivity index (χ0v) is 28.4. The molecule has 15 heteroatoms. The molecule has 0 aromatic heterocycles. The molecule has 254 valence electrons. The summed E-state index contributed by atoms with van der Waals surface area (Å²) in [7, 11) is 0. The molecule has 2 saturated heterocycles. The lowest BCUT2D eigenvalue weighted by molar-refractivity contribution is -0.125. The molecule has 2 aliphatic heterocycles. The highest BCUT2D eigenvalue weighted by atomic mass is 79.9. The number of carbonyl (C=O) groups excluding carboxylic acids is 4. The van der Waals surface area contributed by atoms with Crippen LogP contribution < -0.4 is 9.80 Å². The fourth-order valence-electron chi connectivity index (χ4n) is 7.94. The Balaban J connectivity index is 1.45. The molecule has 0 spiro atoms. The molecule has 0 unspecified atom stereocenters. The lowest BCUT2D eigenvalue weighted by Crippen LogP contribution is -2.60. The van der Waals surface area contributed by atoms with E-state index in [0.29, 0.717) is 21.2 Å². The molecule has 6 atom stereocenters. The maximum atomic E-state index is 15.2. The van der Waals surface area contributed by atoms with Crippen LogP contribution in [0.5, 0.6) is 5.75 Å². The Morgan fingerprint density at radius 3 is 1.92 bits per heavy atom. The summed E-state index contributed by atoms with van der Waals surface area (Å²) in [5, 5.41) is 10.5. The first-order chi connectivity index (χ1) is 23.0. The number of aryl methyl sites for hydroxylation is 2. The molecule has 4 amide bonds. The number of allylic oxidation sites excluding steroid dienone is 2. The van der Waals surface area contributed by atoms with Crippen LogP contribution in [-0.2, 0) is 19.2 Å². The van der Waals surface area contributed by atoms with Gasteiger partial charge in [0.15, 0.2) is 33.0 Å². The average Bonchev–Trinajstić information content (AvgIpc) is 3.40. The zero-order chi connectivity index (χ0) is 35.6. The second-order valence-electron chi connectivity index (χ2n) is 12.7. The van der Waals surface area contributed by atoms with Gasteiger partial charge in [0.05, 0.1) is 17.5 Å². The standard InChI is InChI=1S/C34H22BrCl2F5N2O5/c1-12-9-14(10-13(2)28(12)45)21-17-7-8-18-20(30(47)43(29(18)46)16-5-3-15(35)4-6-16)19(17)11-33(36)31(48)44(32(49)34(21,33)37)27-25(41)23(39)22(38)24(40)26(27)42/h3-7,9-10,18-21,45H,8,11H2,1-2H3/t18-,19+,20-,21-,33+,34-/m0/s1. The largest absolute Gasteiger partial charge is 0.507 e. The number of carbonyl (C=O) groups is 4. The van der Waals surface area contributed by atoms with Gasteiger partial charge in [0.25, 0.3) is 11.8 Å². The van der Waals surface area contributed by atoms with E-state index in [1.54, 1.807) is 44.2 Å². The number of aromatic hydroxyl groups is 1. The molecule has 49 heavy (non-hydrogen) atoms. The summed E-state index contributed by atoms with van der Waals surface area (Å²) >= 11 is 17.6. The molecule has 1 N–H and O–H groups in total. The summed E-state index contributed by atoms with van der Waals surface area (Å²) in [5.41, 5.74) is -0.410. The van der Waals surface area contributed by atoms with Crippen molar-refractivity contribution in [2.75, 3.05) is 9.80 Å². The van der Waals surface area contributed by atoms with E-state index in [2.05, 4.69) is 15.9 Å². The first-order valence-corrected chi connectivity index (χ1v) is 16.4. The fourth-order valence-corrected chi connectivity index (χ4v) is 9.14. The van der Waals surface area contributed by atoms with Crippen molar-refractivity contribution in [3.63, 3.8) is 0 Å². The summed E-state index contributed by atoms with van der Waals surface area (Å²) in [4.78, 5) is 52.1. The highest BCUT2D eigenvalue weighted by molar-refractivity contribution is 9.10. The number of anilines is 2. The number of hydrogen-bond acceptors (Lipinski definition) is 5. The molecule has 3 fully saturated rings. The number of amides is 4. The van der Waals surface area contributed by atoms with Crippen LogP contribution >= 0.6 is 39.1 Å². The summed E-state index contributed by atoms with van der Waals surface area (Å²) < 4.78 is 74.0. The van der Waals surface area contributed by atoms with Gasteiger partial charge in [0.2, 0.25) is 17.6 Å². The number of benzene rings is 3. The molecular weight excluding hydrogens is 762 g/mol. The molecule has 3 aromatic rings. The monoisotopic (exact) mass is 782 g/mol. The zero-order valence-electron chi connectivity index (χ0n) is 25.3. The Morgan fingerprint density at radius 1 is 0.796 bits per heavy atom. The number of phenols is 1. The SMILES string of the molecule is Cc1cc([C@H]2C3=CC[C@@H]4C(=O)N(c5ccc(Br)cc5)C(=O)[C@@H]4[C@@H]3C[C@@]3(Cl)C(=O)N(c4c(F)c(F)c(F)c(F)c4F)C(=O)[C@@]23Cl)cc(C)c1O. The minimum absolute atomic E-state index is 0.00635. The van der Waals surface area contributed by atoms with Crippen molar-refractivity contribution < 1.29 is 46.2 Å². The number of hydrogen-bond donors (Lipinski definition) is 1. The molecule has 3 aromatic carbocycles. The maximum absolute atomic E-state index is 15.2. The van der Waals surface area contributed by atoms with Gasteiger partial charge in [0.1, 0.15) is 11.4 Å². The summed E-state index contributed by atoms with van der Waals surface area (Å²) in [6.07, 6.45) is 1.01.